The van der Waals surface area contributed by atoms with E-state index in [2.05, 4.69) is 20.9 Å². The molecule has 2 nitrogen and oxygen atoms in total. The molecule has 0 unspecified atom stereocenters. The van der Waals surface area contributed by atoms with Crippen molar-refractivity contribution in [3.05, 3.63) is 43.6 Å². The van der Waals surface area contributed by atoms with Gasteiger partial charge in [-0.3, -0.25) is 4.79 Å². The molecule has 1 N–H and O–H groups in total. The van der Waals surface area contributed by atoms with Crippen LogP contribution in [-0.4, -0.2) is 4.98 Å². The second-order valence-corrected chi connectivity index (χ2v) is 4.34. The van der Waals surface area contributed by atoms with Crippen LogP contribution >= 0.6 is 27.5 Å². The zero-order valence-corrected chi connectivity index (χ0v) is 9.74. The van der Waals surface area contributed by atoms with Crippen LogP contribution in [0.4, 0.5) is 0 Å². The van der Waals surface area contributed by atoms with Gasteiger partial charge in [-0.2, -0.15) is 0 Å². The molecule has 0 fully saturated rings. The van der Waals surface area contributed by atoms with Crippen LogP contribution in [0.5, 0.6) is 0 Å². The molecule has 0 aliphatic carbocycles. The number of H-pyrrole nitrogens is 1. The number of aromatic amines is 1. The van der Waals surface area contributed by atoms with Gasteiger partial charge >= 0.3 is 0 Å². The summed E-state index contributed by atoms with van der Waals surface area (Å²) in [5, 5.41) is 0.866. The molecule has 0 bridgehead atoms. The van der Waals surface area contributed by atoms with Gasteiger partial charge in [-0.1, -0.05) is 17.7 Å². The molecule has 0 aliphatic rings. The van der Waals surface area contributed by atoms with Gasteiger partial charge in [-0.05, 0) is 34.5 Å². The Kier molecular flexibility index (Phi) is 2.37. The number of fused-ring (bicyclic) bond motifs is 1. The summed E-state index contributed by atoms with van der Waals surface area (Å²) in [6.45, 7) is 1.89. The van der Waals surface area contributed by atoms with Crippen LogP contribution in [0.1, 0.15) is 5.56 Å². The molecule has 0 spiro atoms. The Hall–Kier alpha value is -0.800. The van der Waals surface area contributed by atoms with Crippen molar-refractivity contribution in [3.8, 4) is 0 Å². The van der Waals surface area contributed by atoms with Crippen LogP contribution in [0, 0.1) is 6.92 Å². The summed E-state index contributed by atoms with van der Waals surface area (Å²) in [5.74, 6) is 0. The summed E-state index contributed by atoms with van der Waals surface area (Å²) in [5.41, 5.74) is 1.59. The predicted molar refractivity (Wildman–Crippen MR) is 62.0 cm³/mol. The van der Waals surface area contributed by atoms with Gasteiger partial charge in [0, 0.05) is 10.7 Å². The van der Waals surface area contributed by atoms with Crippen molar-refractivity contribution >= 4 is 38.4 Å². The largest absolute Gasteiger partial charge is 0.359 e. The van der Waals surface area contributed by atoms with Gasteiger partial charge in [-0.15, -0.1) is 0 Å². The first-order valence-corrected chi connectivity index (χ1v) is 5.24. The second-order valence-electron chi connectivity index (χ2n) is 3.08. The summed E-state index contributed by atoms with van der Waals surface area (Å²) in [6, 6.07) is 3.79. The molecular formula is C10H7BrClNO. The lowest BCUT2D eigenvalue weighted by atomic mass is 10.1. The van der Waals surface area contributed by atoms with E-state index in [4.69, 9.17) is 11.6 Å². The summed E-state index contributed by atoms with van der Waals surface area (Å²) >= 11 is 9.13. The normalized spacial score (nSPS) is 10.8. The zero-order valence-electron chi connectivity index (χ0n) is 7.40. The van der Waals surface area contributed by atoms with Crippen molar-refractivity contribution in [1.82, 2.24) is 4.98 Å². The van der Waals surface area contributed by atoms with E-state index in [9.17, 15) is 4.79 Å². The van der Waals surface area contributed by atoms with Crippen LogP contribution in [0.25, 0.3) is 10.9 Å². The monoisotopic (exact) mass is 271 g/mol. The van der Waals surface area contributed by atoms with E-state index in [1.54, 1.807) is 0 Å². The highest BCUT2D eigenvalue weighted by molar-refractivity contribution is 9.10. The average molecular weight is 273 g/mol. The summed E-state index contributed by atoms with van der Waals surface area (Å²) < 4.78 is 0.867. The Morgan fingerprint density at radius 2 is 2.14 bits per heavy atom. The number of aryl methyl sites for hydroxylation is 1. The lowest BCUT2D eigenvalue weighted by Gasteiger charge is -2.03. The quantitative estimate of drug-likeness (QED) is 0.784. The van der Waals surface area contributed by atoms with Crippen LogP contribution in [0.15, 0.2) is 27.6 Å². The minimum atomic E-state index is -0.126. The topological polar surface area (TPSA) is 32.9 Å². The molecular weight excluding hydrogens is 265 g/mol. The highest BCUT2D eigenvalue weighted by Crippen LogP contribution is 2.23. The fraction of sp³-hybridized carbons (Fsp3) is 0.100. The van der Waals surface area contributed by atoms with Crippen LogP contribution in [0.3, 0.4) is 0 Å². The van der Waals surface area contributed by atoms with Gasteiger partial charge in [0.15, 0.2) is 0 Å². The Morgan fingerprint density at radius 1 is 1.43 bits per heavy atom. The standard InChI is InChI=1S/C10H7BrClNO/c1-5-2-3-6(11)9-8(5)10(14)7(12)4-13-9/h2-4H,1H3,(H,13,14). The molecule has 14 heavy (non-hydrogen) atoms. The lowest BCUT2D eigenvalue weighted by molar-refractivity contribution is 1.36. The molecule has 0 radical (unpaired) electrons. The summed E-state index contributed by atoms with van der Waals surface area (Å²) in [7, 11) is 0. The Morgan fingerprint density at radius 3 is 2.86 bits per heavy atom. The second kappa shape index (κ2) is 3.41. The highest BCUT2D eigenvalue weighted by atomic mass is 79.9. The van der Waals surface area contributed by atoms with E-state index in [1.165, 1.54) is 6.20 Å². The third kappa shape index (κ3) is 1.37. The molecule has 0 amide bonds. The maximum Gasteiger partial charge on any atom is 0.208 e. The summed E-state index contributed by atoms with van der Waals surface area (Å²) in [4.78, 5) is 14.7. The molecule has 1 aromatic heterocycles. The van der Waals surface area contributed by atoms with Gasteiger partial charge < -0.3 is 4.98 Å². The molecule has 0 aliphatic heterocycles. The zero-order chi connectivity index (χ0) is 10.3. The Labute approximate surface area is 94.0 Å². The number of aromatic nitrogens is 1. The SMILES string of the molecule is Cc1ccc(Br)c2[nH]cc(Cl)c(=O)c12. The Bertz CT molecular complexity index is 562. The van der Waals surface area contributed by atoms with Crippen molar-refractivity contribution in [1.29, 1.82) is 0 Å². The third-order valence-electron chi connectivity index (χ3n) is 2.15. The van der Waals surface area contributed by atoms with Crippen molar-refractivity contribution in [2.75, 3.05) is 0 Å². The van der Waals surface area contributed by atoms with E-state index in [-0.39, 0.29) is 10.5 Å². The van der Waals surface area contributed by atoms with Crippen LogP contribution in [0.2, 0.25) is 5.02 Å². The van der Waals surface area contributed by atoms with Gasteiger partial charge in [-0.25, -0.2) is 0 Å². The van der Waals surface area contributed by atoms with Crippen molar-refractivity contribution in [2.45, 2.75) is 6.92 Å². The maximum atomic E-state index is 11.7. The number of nitrogens with one attached hydrogen (secondary N) is 1. The molecule has 4 heteroatoms. The molecule has 2 rings (SSSR count). The van der Waals surface area contributed by atoms with Crippen LogP contribution in [-0.2, 0) is 0 Å². The van der Waals surface area contributed by atoms with E-state index in [1.807, 2.05) is 19.1 Å². The van der Waals surface area contributed by atoms with Crippen molar-refractivity contribution < 1.29 is 0 Å². The average Bonchev–Trinajstić information content (AvgIpc) is 2.16. The molecule has 0 saturated carbocycles. The van der Waals surface area contributed by atoms with Crippen molar-refractivity contribution in [3.63, 3.8) is 0 Å². The van der Waals surface area contributed by atoms with Crippen molar-refractivity contribution in [2.24, 2.45) is 0 Å². The number of halogens is 2. The molecule has 0 saturated heterocycles. The van der Waals surface area contributed by atoms with E-state index < -0.39 is 0 Å². The smallest absolute Gasteiger partial charge is 0.208 e. The molecule has 0 atom stereocenters. The first kappa shape index (κ1) is 9.74. The molecule has 2 aromatic rings. The first-order chi connectivity index (χ1) is 6.61. The maximum absolute atomic E-state index is 11.7. The third-order valence-corrected chi connectivity index (χ3v) is 3.09. The number of hydrogen-bond donors (Lipinski definition) is 1. The lowest BCUT2D eigenvalue weighted by Crippen LogP contribution is -2.05. The van der Waals surface area contributed by atoms with E-state index >= 15 is 0 Å². The van der Waals surface area contributed by atoms with Gasteiger partial charge in [0.05, 0.1) is 10.9 Å². The van der Waals surface area contributed by atoms with Gasteiger partial charge in [0.1, 0.15) is 5.02 Å². The van der Waals surface area contributed by atoms with Crippen LogP contribution < -0.4 is 5.43 Å². The minimum Gasteiger partial charge on any atom is -0.359 e. The highest BCUT2D eigenvalue weighted by Gasteiger charge is 2.07. The molecule has 72 valence electrons. The molecule has 1 heterocycles. The van der Waals surface area contributed by atoms with Gasteiger partial charge in [0.2, 0.25) is 5.43 Å². The van der Waals surface area contributed by atoms with E-state index in [0.29, 0.717) is 5.39 Å². The first-order valence-electron chi connectivity index (χ1n) is 4.07. The fourth-order valence-corrected chi connectivity index (χ4v) is 2.03. The number of benzene rings is 1. The summed E-state index contributed by atoms with van der Waals surface area (Å²) in [6.07, 6.45) is 1.51. The van der Waals surface area contributed by atoms with Gasteiger partial charge in [0.25, 0.3) is 0 Å². The fourth-order valence-electron chi connectivity index (χ4n) is 1.44. The number of rotatable bonds is 0. The van der Waals surface area contributed by atoms with E-state index in [0.717, 1.165) is 15.6 Å². The molecule has 1 aromatic carbocycles. The predicted octanol–water partition coefficient (Wildman–Crippen LogP) is 3.25. The number of pyridine rings is 1. The minimum absolute atomic E-state index is 0.126. The number of hydrogen-bond acceptors (Lipinski definition) is 1. The Balaban J connectivity index is 3.09.